The number of unbranched alkanes of at least 4 members (excludes halogenated alkanes) is 22. The molecule has 0 spiro atoms. The van der Waals surface area contributed by atoms with Crippen LogP contribution in [0.25, 0.3) is 0 Å². The van der Waals surface area contributed by atoms with Gasteiger partial charge in [0.25, 0.3) is 0 Å². The molecule has 9 heteroatoms. The molecule has 9 nitrogen and oxygen atoms in total. The first-order valence-electron chi connectivity index (χ1n) is 20.2. The second-order valence-corrected chi connectivity index (χ2v) is 14.0. The number of ether oxygens (including phenoxy) is 2. The molecule has 3 amide bonds. The van der Waals surface area contributed by atoms with E-state index in [9.17, 15) is 14.4 Å². The summed E-state index contributed by atoms with van der Waals surface area (Å²) in [4.78, 5) is 37.8. The molecule has 1 rings (SSSR count). The number of amides is 3. The first kappa shape index (κ1) is 44.2. The first-order valence-corrected chi connectivity index (χ1v) is 20.2. The van der Waals surface area contributed by atoms with Gasteiger partial charge in [0.2, 0.25) is 11.8 Å². The molecule has 2 atom stereocenters. The van der Waals surface area contributed by atoms with Crippen molar-refractivity contribution in [3.63, 3.8) is 0 Å². The summed E-state index contributed by atoms with van der Waals surface area (Å²) >= 11 is 0. The molecule has 1 aliphatic heterocycles. The molecule has 282 valence electrons. The summed E-state index contributed by atoms with van der Waals surface area (Å²) in [6, 6.07) is -0.577. The van der Waals surface area contributed by atoms with Crippen molar-refractivity contribution in [3.05, 3.63) is 0 Å². The van der Waals surface area contributed by atoms with Gasteiger partial charge in [0.15, 0.2) is 0 Å². The molecule has 1 unspecified atom stereocenters. The molecule has 0 aromatic rings. The summed E-state index contributed by atoms with van der Waals surface area (Å²) in [6.07, 6.45) is 31.1. The predicted octanol–water partition coefficient (Wildman–Crippen LogP) is 9.17. The fourth-order valence-corrected chi connectivity index (χ4v) is 6.54. The smallest absolute Gasteiger partial charge is 0.405 e. The summed E-state index contributed by atoms with van der Waals surface area (Å²) in [6.45, 7) is 6.78. The van der Waals surface area contributed by atoms with Crippen molar-refractivity contribution in [2.75, 3.05) is 39.5 Å². The SMILES string of the molecule is CCCCCCCCCCCCCCOCC(CNC(=O)[C@@H]1CCCN1C(=O)CNC(=O)O)OCCCCCCCCCCCCCC. The van der Waals surface area contributed by atoms with E-state index in [1.807, 2.05) is 0 Å². The van der Waals surface area contributed by atoms with E-state index in [4.69, 9.17) is 14.6 Å². The Balaban J connectivity index is 2.31. The highest BCUT2D eigenvalue weighted by atomic mass is 16.5. The zero-order valence-corrected chi connectivity index (χ0v) is 31.2. The largest absolute Gasteiger partial charge is 0.465 e. The van der Waals surface area contributed by atoms with Crippen LogP contribution < -0.4 is 10.6 Å². The minimum Gasteiger partial charge on any atom is -0.465 e. The molecule has 0 bridgehead atoms. The lowest BCUT2D eigenvalue weighted by Gasteiger charge is -2.25. The number of nitrogens with one attached hydrogen (secondary N) is 2. The molecule has 0 radical (unpaired) electrons. The van der Waals surface area contributed by atoms with Crippen molar-refractivity contribution in [1.82, 2.24) is 15.5 Å². The highest BCUT2D eigenvalue weighted by molar-refractivity contribution is 5.89. The molecule has 48 heavy (non-hydrogen) atoms. The molecule has 1 heterocycles. The Morgan fingerprint density at radius 1 is 0.667 bits per heavy atom. The summed E-state index contributed by atoms with van der Waals surface area (Å²) in [5, 5.41) is 13.9. The maximum Gasteiger partial charge on any atom is 0.405 e. The highest BCUT2D eigenvalue weighted by Crippen LogP contribution is 2.18. The predicted molar refractivity (Wildman–Crippen MR) is 196 cm³/mol. The van der Waals surface area contributed by atoms with E-state index in [0.717, 1.165) is 25.7 Å². The van der Waals surface area contributed by atoms with E-state index < -0.39 is 12.1 Å². The Hall–Kier alpha value is -1.87. The van der Waals surface area contributed by atoms with Crippen LogP contribution in [0.5, 0.6) is 0 Å². The van der Waals surface area contributed by atoms with Crippen LogP contribution in [0, 0.1) is 0 Å². The van der Waals surface area contributed by atoms with Gasteiger partial charge in [-0.1, -0.05) is 155 Å². The lowest BCUT2D eigenvalue weighted by atomic mass is 10.1. The van der Waals surface area contributed by atoms with Gasteiger partial charge in [-0.2, -0.15) is 0 Å². The molecule has 0 aliphatic carbocycles. The van der Waals surface area contributed by atoms with Gasteiger partial charge in [0, 0.05) is 26.3 Å². The Morgan fingerprint density at radius 3 is 1.60 bits per heavy atom. The van der Waals surface area contributed by atoms with Crippen molar-refractivity contribution in [2.45, 2.75) is 193 Å². The van der Waals surface area contributed by atoms with E-state index >= 15 is 0 Å². The Morgan fingerprint density at radius 2 is 1.12 bits per heavy atom. The number of carbonyl (C=O) groups excluding carboxylic acids is 2. The van der Waals surface area contributed by atoms with E-state index in [-0.39, 0.29) is 24.5 Å². The number of nitrogens with zero attached hydrogens (tertiary/aromatic N) is 1. The second-order valence-electron chi connectivity index (χ2n) is 14.0. The van der Waals surface area contributed by atoms with Gasteiger partial charge in [-0.05, 0) is 25.7 Å². The maximum absolute atomic E-state index is 13.1. The minimum atomic E-state index is -1.25. The van der Waals surface area contributed by atoms with Gasteiger partial charge in [0.1, 0.15) is 12.6 Å². The van der Waals surface area contributed by atoms with Crippen molar-refractivity contribution in [1.29, 1.82) is 0 Å². The minimum absolute atomic E-state index is 0.212. The van der Waals surface area contributed by atoms with Gasteiger partial charge >= 0.3 is 6.09 Å². The van der Waals surface area contributed by atoms with Gasteiger partial charge in [-0.25, -0.2) is 4.79 Å². The van der Waals surface area contributed by atoms with Crippen LogP contribution in [0.4, 0.5) is 4.79 Å². The molecule has 1 saturated heterocycles. The van der Waals surface area contributed by atoms with Crippen molar-refractivity contribution < 1.29 is 29.0 Å². The number of likely N-dealkylation sites (tertiary alicyclic amines) is 1. The molecular formula is C39H75N3O6. The van der Waals surface area contributed by atoms with Crippen LogP contribution in [-0.4, -0.2) is 79.5 Å². The van der Waals surface area contributed by atoms with Crippen LogP contribution in [0.15, 0.2) is 0 Å². The summed E-state index contributed by atoms with van der Waals surface area (Å²) in [5.41, 5.74) is 0. The average Bonchev–Trinajstić information content (AvgIpc) is 3.58. The van der Waals surface area contributed by atoms with E-state index in [2.05, 4.69) is 24.5 Å². The highest BCUT2D eigenvalue weighted by Gasteiger charge is 2.34. The van der Waals surface area contributed by atoms with Crippen LogP contribution in [0.3, 0.4) is 0 Å². The van der Waals surface area contributed by atoms with Gasteiger partial charge < -0.3 is 30.1 Å². The molecule has 0 saturated carbocycles. The summed E-state index contributed by atoms with van der Waals surface area (Å²) < 4.78 is 12.2. The number of rotatable bonds is 34. The third-order valence-electron chi connectivity index (χ3n) is 9.57. The molecule has 3 N–H and O–H groups in total. The molecule has 0 aromatic heterocycles. The molecular weight excluding hydrogens is 606 g/mol. The zero-order valence-electron chi connectivity index (χ0n) is 31.2. The average molecular weight is 682 g/mol. The maximum atomic E-state index is 13.1. The standard InChI is InChI=1S/C39H75N3O6/c1-3-5-7-9-11-13-15-17-19-21-23-25-30-47-34-35(48-31-26-24-22-20-18-16-14-12-10-8-6-4-2)32-40-38(44)36-28-27-29-42(36)37(43)33-41-39(45)46/h35-36,41H,3-34H2,1-2H3,(H,40,44)(H,45,46)/t35?,36-/m0/s1. The second kappa shape index (κ2) is 32.3. The quantitative estimate of drug-likeness (QED) is 0.0583. The van der Waals surface area contributed by atoms with Gasteiger partial charge in [-0.3, -0.25) is 9.59 Å². The van der Waals surface area contributed by atoms with E-state index in [0.29, 0.717) is 39.3 Å². The Kier molecular flexibility index (Phi) is 29.7. The number of carbonyl (C=O) groups is 3. The number of hydrogen-bond acceptors (Lipinski definition) is 5. The first-order chi connectivity index (χ1) is 23.5. The monoisotopic (exact) mass is 682 g/mol. The van der Waals surface area contributed by atoms with Crippen molar-refractivity contribution in [2.24, 2.45) is 0 Å². The number of carboxylic acid groups (broad SMARTS) is 1. The van der Waals surface area contributed by atoms with Gasteiger partial charge in [0.05, 0.1) is 12.7 Å². The molecule has 1 fully saturated rings. The fourth-order valence-electron chi connectivity index (χ4n) is 6.54. The molecule has 0 aromatic carbocycles. The lowest BCUT2D eigenvalue weighted by molar-refractivity contribution is -0.138. The normalized spacial score (nSPS) is 15.1. The third-order valence-corrected chi connectivity index (χ3v) is 9.57. The van der Waals surface area contributed by atoms with Crippen LogP contribution >= 0.6 is 0 Å². The van der Waals surface area contributed by atoms with Crippen molar-refractivity contribution in [3.8, 4) is 0 Å². The Bertz CT molecular complexity index is 783. The topological polar surface area (TPSA) is 117 Å². The van der Waals surface area contributed by atoms with Crippen molar-refractivity contribution >= 4 is 17.9 Å². The van der Waals surface area contributed by atoms with Crippen LogP contribution in [-0.2, 0) is 19.1 Å². The zero-order chi connectivity index (χ0) is 34.9. The Labute approximate surface area is 294 Å². The van der Waals surface area contributed by atoms with E-state index in [1.165, 1.54) is 140 Å². The summed E-state index contributed by atoms with van der Waals surface area (Å²) in [5.74, 6) is -0.586. The fraction of sp³-hybridized carbons (Fsp3) is 0.923. The van der Waals surface area contributed by atoms with Crippen LogP contribution in [0.1, 0.15) is 181 Å². The lowest BCUT2D eigenvalue weighted by Crippen LogP contribution is -2.50. The third kappa shape index (κ3) is 25.2. The van der Waals surface area contributed by atoms with E-state index in [1.54, 1.807) is 0 Å². The summed E-state index contributed by atoms with van der Waals surface area (Å²) in [7, 11) is 0. The van der Waals surface area contributed by atoms with Crippen LogP contribution in [0.2, 0.25) is 0 Å². The number of hydrogen-bond donors (Lipinski definition) is 3. The molecule has 1 aliphatic rings. The van der Waals surface area contributed by atoms with Gasteiger partial charge in [-0.15, -0.1) is 0 Å².